The number of rotatable bonds is 9. The number of phenolic OH excluding ortho intramolecular Hbond substituents is 1. The Morgan fingerprint density at radius 3 is 2.07 bits per heavy atom. The number of benzene rings is 1. The van der Waals surface area contributed by atoms with Crippen molar-refractivity contribution in [3.8, 4) is 5.75 Å². The van der Waals surface area contributed by atoms with Gasteiger partial charge in [-0.2, -0.15) is 0 Å². The normalized spacial score (nSPS) is 18.5. The Kier molecular flexibility index (Phi) is 17.6. The van der Waals surface area contributed by atoms with Crippen molar-refractivity contribution in [3.63, 3.8) is 0 Å². The summed E-state index contributed by atoms with van der Waals surface area (Å²) < 4.78 is 0. The predicted molar refractivity (Wildman–Crippen MR) is 98.3 cm³/mol. The average molecular weight is 456 g/mol. The molecule has 1 fully saturated rings. The van der Waals surface area contributed by atoms with Gasteiger partial charge in [0.15, 0.2) is 0 Å². The summed E-state index contributed by atoms with van der Waals surface area (Å²) in [4.78, 5) is 15.2. The highest BCUT2D eigenvalue weighted by Crippen LogP contribution is 2.10. The molecule has 7 N–H and O–H groups in total. The van der Waals surface area contributed by atoms with Crippen molar-refractivity contribution in [1.29, 1.82) is 0 Å². The zero-order valence-corrected chi connectivity index (χ0v) is 18.5. The number of phenols is 1. The zero-order valence-electron chi connectivity index (χ0n) is 16.2. The Bertz CT molecular complexity index is 551. The van der Waals surface area contributed by atoms with Gasteiger partial charge in [0, 0.05) is 25.5 Å². The van der Waals surface area contributed by atoms with E-state index in [1.54, 1.807) is 46.2 Å². The molecule has 1 saturated heterocycles. The van der Waals surface area contributed by atoms with E-state index in [0.29, 0.717) is 0 Å². The Morgan fingerprint density at radius 1 is 1.00 bits per heavy atom. The quantitative estimate of drug-likeness (QED) is 0.189. The number of carbonyl (C=O) groups excluding carboxylic acids is 1. The molecule has 1 aromatic rings. The minimum atomic E-state index is -0.0643. The van der Waals surface area contributed by atoms with E-state index in [1.807, 2.05) is 0 Å². The fourth-order valence-corrected chi connectivity index (χ4v) is 3.20. The molecule has 1 aromatic carbocycles. The lowest BCUT2D eigenvalue weighted by molar-refractivity contribution is -1.01. The minimum Gasteiger partial charge on any atom is -1.00 e. The average Bonchev–Trinajstić information content (AvgIpc) is 2.64. The van der Waals surface area contributed by atoms with Crippen molar-refractivity contribution in [2.24, 2.45) is 0 Å². The lowest BCUT2D eigenvalue weighted by Crippen LogP contribution is -3.28. The van der Waals surface area contributed by atoms with Crippen molar-refractivity contribution < 1.29 is 62.7 Å². The van der Waals surface area contributed by atoms with Gasteiger partial charge in [-0.1, -0.05) is 12.1 Å². The molecule has 0 bridgehead atoms. The predicted octanol–water partition coefficient (Wildman–Crippen LogP) is -11.7. The molecular weight excluding hydrogens is 423 g/mol. The third kappa shape index (κ3) is 11.7. The van der Waals surface area contributed by atoms with Gasteiger partial charge in [-0.15, -0.1) is 0 Å². The lowest BCUT2D eigenvalue weighted by atomic mass is 10.2. The van der Waals surface area contributed by atoms with Crippen molar-refractivity contribution >= 4 is 12.0 Å². The number of hydrogen-bond donors (Lipinski definition) is 5. The zero-order chi connectivity index (χ0) is 17.9. The number of carbonyl (C=O) groups is 1. The summed E-state index contributed by atoms with van der Waals surface area (Å²) in [7, 11) is 0. The van der Waals surface area contributed by atoms with Gasteiger partial charge in [0.05, 0.1) is 19.6 Å². The SMILES string of the molecule is [Cl-].[Cl-].[Cl-].[NH3+]CCC[NH+]1CC[NH+](CCCNC(=O)/C=C/c2ccc(O)cc2)CC1. The first-order valence-electron chi connectivity index (χ1n) is 9.38. The molecule has 0 spiro atoms. The maximum atomic E-state index is 11.8. The number of aromatic hydroxyl groups is 1. The van der Waals surface area contributed by atoms with Crippen LogP contribution in [0.25, 0.3) is 6.08 Å². The number of amides is 1. The number of hydrogen-bond acceptors (Lipinski definition) is 2. The van der Waals surface area contributed by atoms with Crippen LogP contribution in [-0.4, -0.2) is 63.4 Å². The summed E-state index contributed by atoms with van der Waals surface area (Å²) in [5.41, 5.74) is 4.81. The second-order valence-electron chi connectivity index (χ2n) is 6.78. The van der Waals surface area contributed by atoms with Gasteiger partial charge in [-0.05, 0) is 23.8 Å². The topological polar surface area (TPSA) is 85.9 Å². The molecule has 162 valence electrons. The molecule has 0 saturated carbocycles. The molecule has 1 heterocycles. The standard InChI is InChI=1S/C19H30N4O2.3ClH/c20-9-1-11-22-13-15-23(16-14-22)12-2-10-21-19(25)8-5-17-3-6-18(24)7-4-17;;;/h3-8,24H,1-2,9-16,20H2,(H,21,25);3*1H/b8-5+;;;. The van der Waals surface area contributed by atoms with Crippen molar-refractivity contribution in [2.45, 2.75) is 12.8 Å². The summed E-state index contributed by atoms with van der Waals surface area (Å²) in [5, 5.41) is 12.2. The van der Waals surface area contributed by atoms with E-state index in [4.69, 9.17) is 0 Å². The number of halogens is 3. The van der Waals surface area contributed by atoms with Crippen LogP contribution in [0.1, 0.15) is 18.4 Å². The Hall–Kier alpha value is -1.02. The van der Waals surface area contributed by atoms with E-state index in [9.17, 15) is 9.90 Å². The Morgan fingerprint density at radius 2 is 1.54 bits per heavy atom. The van der Waals surface area contributed by atoms with Crippen LogP contribution in [0.4, 0.5) is 0 Å². The second-order valence-corrected chi connectivity index (χ2v) is 6.78. The first-order chi connectivity index (χ1) is 12.2. The van der Waals surface area contributed by atoms with Crippen LogP contribution in [-0.2, 0) is 4.79 Å². The van der Waals surface area contributed by atoms with Crippen LogP contribution in [0.2, 0.25) is 0 Å². The number of nitrogens with one attached hydrogen (secondary N) is 3. The maximum Gasteiger partial charge on any atom is 0.244 e. The van der Waals surface area contributed by atoms with Gasteiger partial charge in [-0.3, -0.25) is 4.79 Å². The summed E-state index contributed by atoms with van der Waals surface area (Å²) in [5.74, 6) is 0.166. The van der Waals surface area contributed by atoms with E-state index in [1.165, 1.54) is 39.1 Å². The summed E-state index contributed by atoms with van der Waals surface area (Å²) in [6.07, 6.45) is 5.55. The third-order valence-corrected chi connectivity index (χ3v) is 4.77. The van der Waals surface area contributed by atoms with Crippen LogP contribution in [0.3, 0.4) is 0 Å². The molecule has 0 unspecified atom stereocenters. The van der Waals surface area contributed by atoms with Gasteiger partial charge >= 0.3 is 0 Å². The molecule has 0 aromatic heterocycles. The highest BCUT2D eigenvalue weighted by molar-refractivity contribution is 5.91. The molecule has 0 radical (unpaired) electrons. The summed E-state index contributed by atoms with van der Waals surface area (Å²) >= 11 is 0. The van der Waals surface area contributed by atoms with E-state index >= 15 is 0 Å². The molecule has 2 rings (SSSR count). The van der Waals surface area contributed by atoms with Crippen LogP contribution in [0, 0.1) is 0 Å². The monoisotopic (exact) mass is 454 g/mol. The fourth-order valence-electron chi connectivity index (χ4n) is 3.20. The van der Waals surface area contributed by atoms with Gasteiger partial charge < -0.3 is 63.2 Å². The number of piperazine rings is 1. The highest BCUT2D eigenvalue weighted by Gasteiger charge is 2.21. The second kappa shape index (κ2) is 16.9. The summed E-state index contributed by atoms with van der Waals surface area (Å²) in [6, 6.07) is 6.78. The Balaban J connectivity index is 0. The molecule has 9 heteroatoms. The van der Waals surface area contributed by atoms with Gasteiger partial charge in [-0.25, -0.2) is 0 Å². The van der Waals surface area contributed by atoms with E-state index in [0.717, 1.165) is 31.6 Å². The van der Waals surface area contributed by atoms with E-state index in [-0.39, 0.29) is 48.9 Å². The molecule has 0 aliphatic carbocycles. The maximum absolute atomic E-state index is 11.8. The highest BCUT2D eigenvalue weighted by atomic mass is 35.5. The van der Waals surface area contributed by atoms with Crippen LogP contribution in [0.15, 0.2) is 30.3 Å². The first-order valence-corrected chi connectivity index (χ1v) is 9.38. The van der Waals surface area contributed by atoms with E-state index < -0.39 is 0 Å². The van der Waals surface area contributed by atoms with Gasteiger partial charge in [0.1, 0.15) is 31.9 Å². The molecule has 1 aliphatic rings. The minimum absolute atomic E-state index is 0. The largest absolute Gasteiger partial charge is 1.00 e. The van der Waals surface area contributed by atoms with E-state index in [2.05, 4.69) is 11.1 Å². The van der Waals surface area contributed by atoms with Gasteiger partial charge in [0.25, 0.3) is 0 Å². The molecule has 1 aliphatic heterocycles. The van der Waals surface area contributed by atoms with Crippen molar-refractivity contribution in [2.75, 3.05) is 52.4 Å². The smallest absolute Gasteiger partial charge is 0.244 e. The van der Waals surface area contributed by atoms with Crippen molar-refractivity contribution in [1.82, 2.24) is 5.32 Å². The van der Waals surface area contributed by atoms with Gasteiger partial charge in [0.2, 0.25) is 5.91 Å². The third-order valence-electron chi connectivity index (χ3n) is 4.77. The number of quaternary nitrogens is 3. The van der Waals surface area contributed by atoms with Crippen LogP contribution in [0.5, 0.6) is 5.75 Å². The lowest BCUT2D eigenvalue weighted by Gasteiger charge is -2.29. The first kappa shape index (κ1) is 29.2. The van der Waals surface area contributed by atoms with Crippen molar-refractivity contribution in [3.05, 3.63) is 35.9 Å². The molecule has 28 heavy (non-hydrogen) atoms. The van der Waals surface area contributed by atoms with Crippen LogP contribution >= 0.6 is 0 Å². The molecular formula is C19H33Cl3N4O2. The molecule has 1 amide bonds. The Labute approximate surface area is 186 Å². The van der Waals surface area contributed by atoms with Crippen LogP contribution < -0.4 is 58.1 Å². The fraction of sp³-hybridized carbons (Fsp3) is 0.526. The molecule has 0 atom stereocenters. The summed E-state index contributed by atoms with van der Waals surface area (Å²) in [6.45, 7) is 9.16. The molecule has 6 nitrogen and oxygen atoms in total.